The molecule has 1 aliphatic rings. The van der Waals surface area contributed by atoms with Crippen molar-refractivity contribution >= 4 is 23.1 Å². The smallest absolute Gasteiger partial charge is 0.151 e. The Bertz CT molecular complexity index is 384. The molecule has 1 atom stereocenters. The van der Waals surface area contributed by atoms with Crippen LogP contribution in [0.4, 0.5) is 20.2 Å². The van der Waals surface area contributed by atoms with Crippen molar-refractivity contribution in [3.05, 3.63) is 23.8 Å². The Hall–Kier alpha value is -0.970. The summed E-state index contributed by atoms with van der Waals surface area (Å²) in [6.07, 6.45) is 3.02. The van der Waals surface area contributed by atoms with Gasteiger partial charge in [0.1, 0.15) is 5.82 Å². The van der Waals surface area contributed by atoms with Crippen molar-refractivity contribution in [2.75, 3.05) is 29.2 Å². The van der Waals surface area contributed by atoms with E-state index >= 15 is 0 Å². The summed E-state index contributed by atoms with van der Waals surface area (Å²) in [7, 11) is 0. The molecule has 2 N–H and O–H groups in total. The van der Waals surface area contributed by atoms with Crippen molar-refractivity contribution in [2.24, 2.45) is 0 Å². The quantitative estimate of drug-likeness (QED) is 0.855. The maximum absolute atomic E-state index is 13.4. The van der Waals surface area contributed by atoms with Gasteiger partial charge in [-0.1, -0.05) is 0 Å². The van der Waals surface area contributed by atoms with Crippen molar-refractivity contribution in [1.29, 1.82) is 0 Å². The van der Waals surface area contributed by atoms with Crippen LogP contribution in [0.5, 0.6) is 0 Å². The highest BCUT2D eigenvalue weighted by molar-refractivity contribution is 7.98. The van der Waals surface area contributed by atoms with Gasteiger partial charge in [0.2, 0.25) is 0 Å². The van der Waals surface area contributed by atoms with Crippen molar-refractivity contribution in [3.8, 4) is 0 Å². The number of hydrogen-bond acceptors (Lipinski definition) is 3. The van der Waals surface area contributed by atoms with Crippen LogP contribution in [0, 0.1) is 11.6 Å². The van der Waals surface area contributed by atoms with Gasteiger partial charge in [-0.2, -0.15) is 11.8 Å². The maximum atomic E-state index is 13.4. The largest absolute Gasteiger partial charge is 0.379 e. The first-order valence-electron chi connectivity index (χ1n) is 5.19. The molecule has 16 heavy (non-hydrogen) atoms. The van der Waals surface area contributed by atoms with Gasteiger partial charge < -0.3 is 10.6 Å². The lowest BCUT2D eigenvalue weighted by molar-refractivity contribution is 0.581. The zero-order valence-electron chi connectivity index (χ0n) is 9.02. The lowest BCUT2D eigenvalue weighted by Crippen LogP contribution is -2.34. The summed E-state index contributed by atoms with van der Waals surface area (Å²) < 4.78 is 26.4. The second kappa shape index (κ2) is 4.91. The molecule has 2 nitrogen and oxygen atoms in total. The average Bonchev–Trinajstić information content (AvgIpc) is 2.25. The van der Waals surface area contributed by atoms with E-state index in [1.54, 1.807) is 11.8 Å². The van der Waals surface area contributed by atoms with Crippen LogP contribution >= 0.6 is 11.8 Å². The van der Waals surface area contributed by atoms with Gasteiger partial charge in [0.25, 0.3) is 0 Å². The van der Waals surface area contributed by atoms with E-state index in [1.807, 2.05) is 6.26 Å². The van der Waals surface area contributed by atoms with E-state index in [0.717, 1.165) is 18.2 Å². The Morgan fingerprint density at radius 1 is 1.44 bits per heavy atom. The molecule has 88 valence electrons. The molecule has 1 aliphatic heterocycles. The van der Waals surface area contributed by atoms with Crippen molar-refractivity contribution in [1.82, 2.24) is 0 Å². The molecule has 0 radical (unpaired) electrons. The van der Waals surface area contributed by atoms with Crippen LogP contribution in [0.15, 0.2) is 12.1 Å². The highest BCUT2D eigenvalue weighted by atomic mass is 32.2. The van der Waals surface area contributed by atoms with E-state index < -0.39 is 11.6 Å². The fourth-order valence-corrected chi connectivity index (χ4v) is 2.32. The van der Waals surface area contributed by atoms with Gasteiger partial charge in [0.05, 0.1) is 11.4 Å². The molecule has 2 rings (SSSR count). The number of halogens is 2. The molecule has 1 aromatic rings. The predicted octanol–water partition coefficient (Wildman–Crippen LogP) is 2.92. The summed E-state index contributed by atoms with van der Waals surface area (Å²) in [5.41, 5.74) is 0.900. The molecule has 1 heterocycles. The van der Waals surface area contributed by atoms with Crippen LogP contribution in [0.25, 0.3) is 0 Å². The minimum atomic E-state index is -0.545. The highest BCUT2D eigenvalue weighted by Crippen LogP contribution is 2.30. The first kappa shape index (κ1) is 11.5. The molecule has 0 spiro atoms. The minimum Gasteiger partial charge on any atom is -0.379 e. The lowest BCUT2D eigenvalue weighted by atomic mass is 10.1. The normalized spacial score (nSPS) is 18.6. The van der Waals surface area contributed by atoms with Crippen LogP contribution in [-0.2, 0) is 0 Å². The van der Waals surface area contributed by atoms with E-state index in [4.69, 9.17) is 0 Å². The summed E-state index contributed by atoms with van der Waals surface area (Å²) in [5.74, 6) is -0.0474. The number of rotatable bonds is 3. The molecule has 0 aromatic heterocycles. The number of thioether (sulfide) groups is 1. The van der Waals surface area contributed by atoms with Crippen LogP contribution in [-0.4, -0.2) is 24.6 Å². The predicted molar refractivity (Wildman–Crippen MR) is 65.3 cm³/mol. The van der Waals surface area contributed by atoms with Crippen molar-refractivity contribution in [3.63, 3.8) is 0 Å². The number of benzene rings is 1. The molecule has 0 fully saturated rings. The Kier molecular flexibility index (Phi) is 3.53. The van der Waals surface area contributed by atoms with Crippen LogP contribution in [0.2, 0.25) is 0 Å². The minimum absolute atomic E-state index is 0.237. The van der Waals surface area contributed by atoms with Gasteiger partial charge in [0, 0.05) is 18.7 Å². The Balaban J connectivity index is 2.13. The first-order chi connectivity index (χ1) is 7.70. The Morgan fingerprint density at radius 2 is 2.25 bits per heavy atom. The molecule has 1 unspecified atom stereocenters. The second-order valence-electron chi connectivity index (χ2n) is 3.81. The molecule has 0 saturated heterocycles. The molecular formula is C11H14F2N2S. The standard InChI is InChI=1S/C11H14F2N2S/c1-16-3-2-8-6-14-11-9(13)4-7(12)5-10(11)15-8/h4-5,8,14-15H,2-3,6H2,1H3. The molecule has 0 amide bonds. The first-order valence-corrected chi connectivity index (χ1v) is 6.58. The van der Waals surface area contributed by atoms with E-state index in [1.165, 1.54) is 6.07 Å². The van der Waals surface area contributed by atoms with E-state index in [0.29, 0.717) is 17.9 Å². The van der Waals surface area contributed by atoms with Crippen molar-refractivity contribution < 1.29 is 8.78 Å². The average molecular weight is 244 g/mol. The monoisotopic (exact) mass is 244 g/mol. The third kappa shape index (κ3) is 2.40. The topological polar surface area (TPSA) is 24.1 Å². The molecule has 0 saturated carbocycles. The number of anilines is 2. The molecule has 5 heteroatoms. The third-order valence-electron chi connectivity index (χ3n) is 2.61. The molecule has 0 bridgehead atoms. The summed E-state index contributed by atoms with van der Waals surface area (Å²) in [5, 5.41) is 6.16. The van der Waals surface area contributed by atoms with Crippen LogP contribution in [0.3, 0.4) is 0 Å². The second-order valence-corrected chi connectivity index (χ2v) is 4.80. The SMILES string of the molecule is CSCCC1CNc2c(F)cc(F)cc2N1. The van der Waals surface area contributed by atoms with Gasteiger partial charge in [-0.25, -0.2) is 8.78 Å². The van der Waals surface area contributed by atoms with Crippen LogP contribution in [0.1, 0.15) is 6.42 Å². The molecular weight excluding hydrogens is 230 g/mol. The summed E-state index contributed by atoms with van der Waals surface area (Å²) in [6, 6.07) is 2.47. The van der Waals surface area contributed by atoms with Crippen molar-refractivity contribution in [2.45, 2.75) is 12.5 Å². The number of fused-ring (bicyclic) bond motifs is 1. The summed E-state index contributed by atoms with van der Waals surface area (Å²) in [6.45, 7) is 0.677. The van der Waals surface area contributed by atoms with Crippen LogP contribution < -0.4 is 10.6 Å². The third-order valence-corrected chi connectivity index (χ3v) is 3.25. The maximum Gasteiger partial charge on any atom is 0.151 e. The van der Waals surface area contributed by atoms with Gasteiger partial charge in [-0.3, -0.25) is 0 Å². The van der Waals surface area contributed by atoms with E-state index in [-0.39, 0.29) is 6.04 Å². The van der Waals surface area contributed by atoms with E-state index in [2.05, 4.69) is 10.6 Å². The lowest BCUT2D eigenvalue weighted by Gasteiger charge is -2.28. The summed E-state index contributed by atoms with van der Waals surface area (Å²) >= 11 is 1.77. The van der Waals surface area contributed by atoms with Gasteiger partial charge in [-0.15, -0.1) is 0 Å². The number of hydrogen-bond donors (Lipinski definition) is 2. The zero-order chi connectivity index (χ0) is 11.5. The Morgan fingerprint density at radius 3 is 3.00 bits per heavy atom. The molecule has 1 aromatic carbocycles. The number of nitrogens with one attached hydrogen (secondary N) is 2. The Labute approximate surface area is 97.8 Å². The van der Waals surface area contributed by atoms with Gasteiger partial charge >= 0.3 is 0 Å². The highest BCUT2D eigenvalue weighted by Gasteiger charge is 2.20. The fourth-order valence-electron chi connectivity index (χ4n) is 1.80. The zero-order valence-corrected chi connectivity index (χ0v) is 9.83. The van der Waals surface area contributed by atoms with E-state index in [9.17, 15) is 8.78 Å². The fraction of sp³-hybridized carbons (Fsp3) is 0.455. The van der Waals surface area contributed by atoms with Gasteiger partial charge in [0.15, 0.2) is 5.82 Å². The summed E-state index contributed by atoms with van der Waals surface area (Å²) in [4.78, 5) is 0. The molecule has 0 aliphatic carbocycles. The van der Waals surface area contributed by atoms with Gasteiger partial charge in [-0.05, 0) is 24.5 Å².